The predicted molar refractivity (Wildman–Crippen MR) is 375 cm³/mol. The van der Waals surface area contributed by atoms with Gasteiger partial charge in [-0.1, -0.05) is 391 Å². The first-order valence-corrected chi connectivity index (χ1v) is 38.8. The van der Waals surface area contributed by atoms with E-state index in [-0.39, 0.29) is 18.5 Å². The lowest BCUT2D eigenvalue weighted by Gasteiger charge is -2.20. The van der Waals surface area contributed by atoms with Crippen molar-refractivity contribution in [1.82, 2.24) is 5.32 Å². The van der Waals surface area contributed by atoms with Gasteiger partial charge in [-0.05, 0) is 64.2 Å². The maximum absolute atomic E-state index is 12.5. The maximum Gasteiger partial charge on any atom is 0.305 e. The molecule has 2 unspecified atom stereocenters. The lowest BCUT2D eigenvalue weighted by atomic mass is 10.0. The van der Waals surface area contributed by atoms with E-state index < -0.39 is 12.1 Å². The fraction of sp³-hybridized carbons (Fsp3) is 0.899. The molecular formula is C79H151NO5. The highest BCUT2D eigenvalue weighted by atomic mass is 16.5. The molecule has 6 heteroatoms. The van der Waals surface area contributed by atoms with Gasteiger partial charge in [0.05, 0.1) is 25.4 Å². The highest BCUT2D eigenvalue weighted by Crippen LogP contribution is 2.20. The smallest absolute Gasteiger partial charge is 0.305 e. The molecule has 0 rings (SSSR count). The normalized spacial score (nSPS) is 12.7. The van der Waals surface area contributed by atoms with Gasteiger partial charge < -0.3 is 20.3 Å². The molecule has 0 aliphatic rings. The van der Waals surface area contributed by atoms with Crippen LogP contribution in [-0.4, -0.2) is 47.4 Å². The van der Waals surface area contributed by atoms with Crippen LogP contribution in [0.25, 0.3) is 0 Å². The number of aliphatic hydroxyl groups is 2. The molecule has 2 atom stereocenters. The van der Waals surface area contributed by atoms with Gasteiger partial charge in [0.1, 0.15) is 0 Å². The fourth-order valence-electron chi connectivity index (χ4n) is 12.3. The molecule has 0 aliphatic heterocycles. The van der Waals surface area contributed by atoms with Gasteiger partial charge >= 0.3 is 5.97 Å². The number of hydrogen-bond acceptors (Lipinski definition) is 5. The van der Waals surface area contributed by atoms with Crippen LogP contribution in [0.5, 0.6) is 0 Å². The third kappa shape index (κ3) is 71.0. The predicted octanol–water partition coefficient (Wildman–Crippen LogP) is 25.4. The number of hydrogen-bond donors (Lipinski definition) is 3. The van der Waals surface area contributed by atoms with Crippen molar-refractivity contribution in [2.24, 2.45) is 0 Å². The standard InChI is InChI=1S/C79H151NO5/c1-3-5-7-9-11-13-15-17-19-21-36-41-45-49-53-57-61-65-69-73-79(84)85-74-70-66-62-58-54-50-46-42-38-35-33-31-29-27-25-23-22-24-26-28-30-32-34-37-40-44-48-52-56-60-64-68-72-78(83)80-76(75-81)77(82)71-67-63-59-55-51-47-43-39-20-18-16-14-12-10-8-6-4-2/h11,13,17,19,67,71,76-77,81-82H,3-10,12,14-16,18,20-66,68-70,72-75H2,1-2H3,(H,80,83)/b13-11-,19-17-,71-67+. The summed E-state index contributed by atoms with van der Waals surface area (Å²) < 4.78 is 5.52. The number of ether oxygens (including phenoxy) is 1. The summed E-state index contributed by atoms with van der Waals surface area (Å²) in [7, 11) is 0. The summed E-state index contributed by atoms with van der Waals surface area (Å²) in [6.45, 7) is 4.92. The van der Waals surface area contributed by atoms with Crippen molar-refractivity contribution in [1.29, 1.82) is 0 Å². The lowest BCUT2D eigenvalue weighted by molar-refractivity contribution is -0.143. The van der Waals surface area contributed by atoms with Gasteiger partial charge in [-0.3, -0.25) is 9.59 Å². The van der Waals surface area contributed by atoms with E-state index in [0.29, 0.717) is 19.4 Å². The van der Waals surface area contributed by atoms with E-state index in [2.05, 4.69) is 43.5 Å². The minimum absolute atomic E-state index is 0.0178. The van der Waals surface area contributed by atoms with Crippen LogP contribution in [-0.2, 0) is 14.3 Å². The third-order valence-electron chi connectivity index (χ3n) is 18.2. The number of esters is 1. The van der Waals surface area contributed by atoms with Crippen molar-refractivity contribution in [2.45, 2.75) is 443 Å². The highest BCUT2D eigenvalue weighted by Gasteiger charge is 2.18. The second-order valence-electron chi connectivity index (χ2n) is 26.7. The number of rotatable bonds is 73. The Balaban J connectivity index is 3.33. The average molecular weight is 1200 g/mol. The summed E-state index contributed by atoms with van der Waals surface area (Å²) in [5.41, 5.74) is 0. The summed E-state index contributed by atoms with van der Waals surface area (Å²) in [6.07, 6.45) is 96.9. The molecule has 85 heavy (non-hydrogen) atoms. The molecule has 0 aromatic heterocycles. The van der Waals surface area contributed by atoms with E-state index in [1.165, 1.54) is 353 Å². The molecule has 6 nitrogen and oxygen atoms in total. The Kier molecular flexibility index (Phi) is 72.9. The van der Waals surface area contributed by atoms with E-state index >= 15 is 0 Å². The summed E-state index contributed by atoms with van der Waals surface area (Å²) in [4.78, 5) is 24.6. The van der Waals surface area contributed by atoms with Crippen LogP contribution in [0.4, 0.5) is 0 Å². The number of unbranched alkanes of at least 4 members (excludes halogenated alkanes) is 58. The fourth-order valence-corrected chi connectivity index (χ4v) is 12.3. The largest absolute Gasteiger partial charge is 0.466 e. The monoisotopic (exact) mass is 1190 g/mol. The second-order valence-corrected chi connectivity index (χ2v) is 26.7. The van der Waals surface area contributed by atoms with Crippen LogP contribution in [0.2, 0.25) is 0 Å². The molecule has 1 amide bonds. The maximum atomic E-state index is 12.5. The molecule has 0 aliphatic carbocycles. The van der Waals surface area contributed by atoms with E-state index in [4.69, 9.17) is 4.74 Å². The topological polar surface area (TPSA) is 95.9 Å². The first-order chi connectivity index (χ1) is 42.0. The Morgan fingerprint density at radius 3 is 0.918 bits per heavy atom. The van der Waals surface area contributed by atoms with Crippen molar-refractivity contribution in [3.8, 4) is 0 Å². The van der Waals surface area contributed by atoms with Crippen molar-refractivity contribution < 1.29 is 24.5 Å². The molecular weight excluding hydrogens is 1040 g/mol. The van der Waals surface area contributed by atoms with Gasteiger partial charge in [0.2, 0.25) is 5.91 Å². The highest BCUT2D eigenvalue weighted by molar-refractivity contribution is 5.76. The molecule has 0 fully saturated rings. The van der Waals surface area contributed by atoms with Gasteiger partial charge in [-0.2, -0.15) is 0 Å². The molecule has 0 saturated carbocycles. The van der Waals surface area contributed by atoms with Crippen LogP contribution in [0.1, 0.15) is 431 Å². The Bertz CT molecular complexity index is 1380. The molecule has 3 N–H and O–H groups in total. The Morgan fingerprint density at radius 1 is 0.329 bits per heavy atom. The minimum atomic E-state index is -0.842. The minimum Gasteiger partial charge on any atom is -0.466 e. The Morgan fingerprint density at radius 2 is 0.588 bits per heavy atom. The molecule has 0 bridgehead atoms. The summed E-state index contributed by atoms with van der Waals surface area (Å²) in [5, 5.41) is 23.2. The number of allylic oxidation sites excluding steroid dienone is 5. The number of nitrogens with one attached hydrogen (secondary N) is 1. The number of aliphatic hydroxyl groups excluding tert-OH is 2. The molecule has 0 saturated heterocycles. The van der Waals surface area contributed by atoms with Gasteiger partial charge in [0.15, 0.2) is 0 Å². The molecule has 0 spiro atoms. The zero-order valence-electron chi connectivity index (χ0n) is 57.6. The lowest BCUT2D eigenvalue weighted by Crippen LogP contribution is -2.45. The summed E-state index contributed by atoms with van der Waals surface area (Å²) >= 11 is 0. The van der Waals surface area contributed by atoms with Crippen LogP contribution in [0, 0.1) is 0 Å². The Labute approximate surface area is 532 Å². The summed E-state index contributed by atoms with van der Waals surface area (Å²) in [5.74, 6) is -0.0422. The first kappa shape index (κ1) is 83.1. The first-order valence-electron chi connectivity index (χ1n) is 38.8. The molecule has 0 aromatic rings. The number of carbonyl (C=O) groups excluding carboxylic acids is 2. The van der Waals surface area contributed by atoms with Gasteiger partial charge in [-0.25, -0.2) is 0 Å². The van der Waals surface area contributed by atoms with E-state index in [0.717, 1.165) is 51.4 Å². The van der Waals surface area contributed by atoms with Gasteiger partial charge in [-0.15, -0.1) is 0 Å². The third-order valence-corrected chi connectivity index (χ3v) is 18.2. The SMILES string of the molecule is CCCCC/C=C\C/C=C\CCCCCCCCCCCC(=O)OCCCCCCCCCCCCCCCCCCCCCCCCCCCCCCCCCCC(=O)NC(CO)C(O)/C=C/CCCCCCCCCCCCCCCCC. The molecule has 0 radical (unpaired) electrons. The molecule has 0 heterocycles. The van der Waals surface area contributed by atoms with Crippen molar-refractivity contribution in [2.75, 3.05) is 13.2 Å². The van der Waals surface area contributed by atoms with Crippen LogP contribution in [0.3, 0.4) is 0 Å². The van der Waals surface area contributed by atoms with E-state index in [1.54, 1.807) is 6.08 Å². The number of carbonyl (C=O) groups is 2. The quantitative estimate of drug-likeness (QED) is 0.0320. The number of amides is 1. The zero-order chi connectivity index (χ0) is 61.3. The van der Waals surface area contributed by atoms with Gasteiger partial charge in [0.25, 0.3) is 0 Å². The summed E-state index contributed by atoms with van der Waals surface area (Å²) in [6, 6.07) is -0.625. The average Bonchev–Trinajstić information content (AvgIpc) is 3.51. The van der Waals surface area contributed by atoms with Crippen molar-refractivity contribution in [3.05, 3.63) is 36.5 Å². The van der Waals surface area contributed by atoms with E-state index in [1.807, 2.05) is 6.08 Å². The van der Waals surface area contributed by atoms with Crippen LogP contribution in [0.15, 0.2) is 36.5 Å². The van der Waals surface area contributed by atoms with Gasteiger partial charge in [0, 0.05) is 12.8 Å². The van der Waals surface area contributed by atoms with Crippen molar-refractivity contribution >= 4 is 11.9 Å². The molecule has 502 valence electrons. The molecule has 0 aromatic carbocycles. The van der Waals surface area contributed by atoms with Crippen LogP contribution >= 0.6 is 0 Å². The Hall–Kier alpha value is -1.92. The zero-order valence-corrected chi connectivity index (χ0v) is 57.6. The van der Waals surface area contributed by atoms with E-state index in [9.17, 15) is 19.8 Å². The second kappa shape index (κ2) is 74.5. The van der Waals surface area contributed by atoms with Crippen molar-refractivity contribution in [3.63, 3.8) is 0 Å². The van der Waals surface area contributed by atoms with Crippen LogP contribution < -0.4 is 5.32 Å².